The Morgan fingerprint density at radius 3 is 2.83 bits per heavy atom. The average molecular weight is 319 g/mol. The van der Waals surface area contributed by atoms with Gasteiger partial charge in [-0.3, -0.25) is 20.0 Å². The first kappa shape index (κ1) is 16.4. The van der Waals surface area contributed by atoms with E-state index < -0.39 is 11.5 Å². The van der Waals surface area contributed by atoms with Crippen molar-refractivity contribution >= 4 is 5.97 Å². The SMILES string of the molecule is CCOC(=O)c1cn(Cc2ccccn2)c(=N)n(NOC)c1=O. The van der Waals surface area contributed by atoms with Crippen LogP contribution < -0.4 is 16.8 Å². The number of pyridine rings is 1. The van der Waals surface area contributed by atoms with E-state index in [9.17, 15) is 9.59 Å². The smallest absolute Gasteiger partial charge is 0.345 e. The zero-order valence-corrected chi connectivity index (χ0v) is 12.8. The molecular weight excluding hydrogens is 302 g/mol. The standard InChI is InChI=1S/C14H17N5O4/c1-3-23-13(21)11-9-18(8-10-6-4-5-7-16-10)14(15)19(12(11)20)17-22-2/h4-7,9,15,17H,3,8H2,1-2H3. The Kier molecular flexibility index (Phi) is 5.26. The Labute approximate surface area is 131 Å². The molecule has 2 heterocycles. The lowest BCUT2D eigenvalue weighted by atomic mass is 10.3. The highest BCUT2D eigenvalue weighted by atomic mass is 16.7. The van der Waals surface area contributed by atoms with Crippen LogP contribution in [0, 0.1) is 5.41 Å². The van der Waals surface area contributed by atoms with Gasteiger partial charge in [0, 0.05) is 12.4 Å². The van der Waals surface area contributed by atoms with Gasteiger partial charge in [0.2, 0.25) is 5.62 Å². The largest absolute Gasteiger partial charge is 0.462 e. The minimum atomic E-state index is -0.765. The van der Waals surface area contributed by atoms with Gasteiger partial charge >= 0.3 is 5.97 Å². The third-order valence-corrected chi connectivity index (χ3v) is 2.94. The third-order valence-electron chi connectivity index (χ3n) is 2.94. The molecule has 0 aromatic carbocycles. The summed E-state index contributed by atoms with van der Waals surface area (Å²) in [4.78, 5) is 33.1. The van der Waals surface area contributed by atoms with E-state index in [1.807, 2.05) is 6.07 Å². The summed E-state index contributed by atoms with van der Waals surface area (Å²) in [5.74, 6) is -0.765. The van der Waals surface area contributed by atoms with Gasteiger partial charge in [-0.1, -0.05) is 6.07 Å². The first-order chi connectivity index (χ1) is 11.1. The van der Waals surface area contributed by atoms with Crippen molar-refractivity contribution < 1.29 is 14.4 Å². The van der Waals surface area contributed by atoms with Crippen LogP contribution in [-0.2, 0) is 16.1 Å². The minimum Gasteiger partial charge on any atom is -0.462 e. The van der Waals surface area contributed by atoms with Gasteiger partial charge < -0.3 is 9.30 Å². The number of hydrogen-bond donors (Lipinski definition) is 2. The van der Waals surface area contributed by atoms with Gasteiger partial charge in [0.25, 0.3) is 5.56 Å². The molecule has 0 unspecified atom stereocenters. The maximum absolute atomic E-state index is 12.3. The van der Waals surface area contributed by atoms with Gasteiger partial charge in [-0.05, 0) is 19.1 Å². The van der Waals surface area contributed by atoms with Crippen LogP contribution in [0.15, 0.2) is 35.4 Å². The molecule has 122 valence electrons. The molecule has 0 fully saturated rings. The Morgan fingerprint density at radius 1 is 1.43 bits per heavy atom. The summed E-state index contributed by atoms with van der Waals surface area (Å²) in [5, 5.41) is 8.08. The molecule has 2 aromatic heterocycles. The summed E-state index contributed by atoms with van der Waals surface area (Å²) in [6.07, 6.45) is 2.90. The topological polar surface area (TPSA) is 111 Å². The van der Waals surface area contributed by atoms with Crippen LogP contribution in [0.1, 0.15) is 23.0 Å². The first-order valence-electron chi connectivity index (χ1n) is 6.85. The molecular formula is C14H17N5O4. The fourth-order valence-electron chi connectivity index (χ4n) is 1.93. The second-order valence-corrected chi connectivity index (χ2v) is 4.47. The Balaban J connectivity index is 2.55. The lowest BCUT2D eigenvalue weighted by Crippen LogP contribution is -2.47. The summed E-state index contributed by atoms with van der Waals surface area (Å²) >= 11 is 0. The molecule has 0 bridgehead atoms. The van der Waals surface area contributed by atoms with Crippen molar-refractivity contribution in [2.75, 3.05) is 19.3 Å². The number of nitrogens with one attached hydrogen (secondary N) is 2. The fraction of sp³-hybridized carbons (Fsp3) is 0.286. The Bertz CT molecular complexity index is 797. The van der Waals surface area contributed by atoms with Crippen LogP contribution in [0.4, 0.5) is 0 Å². The van der Waals surface area contributed by atoms with E-state index in [1.54, 1.807) is 25.3 Å². The number of carbonyl (C=O) groups excluding carboxylic acids is 1. The maximum Gasteiger partial charge on any atom is 0.345 e. The molecule has 0 aliphatic carbocycles. The summed E-state index contributed by atoms with van der Waals surface area (Å²) in [5.41, 5.74) is 1.81. The lowest BCUT2D eigenvalue weighted by Gasteiger charge is -2.14. The zero-order chi connectivity index (χ0) is 16.8. The van der Waals surface area contributed by atoms with Crippen molar-refractivity contribution in [2.24, 2.45) is 0 Å². The molecule has 2 rings (SSSR count). The Hall–Kier alpha value is -2.94. The van der Waals surface area contributed by atoms with Crippen LogP contribution in [-0.4, -0.2) is 33.9 Å². The van der Waals surface area contributed by atoms with Gasteiger partial charge in [-0.15, -0.1) is 0 Å². The summed E-state index contributed by atoms with van der Waals surface area (Å²) in [7, 11) is 1.30. The van der Waals surface area contributed by atoms with Crippen molar-refractivity contribution in [1.29, 1.82) is 5.41 Å². The van der Waals surface area contributed by atoms with Crippen LogP contribution in [0.2, 0.25) is 0 Å². The van der Waals surface area contributed by atoms with E-state index in [2.05, 4.69) is 10.6 Å². The second kappa shape index (κ2) is 7.36. The Morgan fingerprint density at radius 2 is 2.22 bits per heavy atom. The number of carbonyl (C=O) groups is 1. The highest BCUT2D eigenvalue weighted by Gasteiger charge is 2.17. The van der Waals surface area contributed by atoms with E-state index in [0.29, 0.717) is 5.69 Å². The average Bonchev–Trinajstić information content (AvgIpc) is 2.55. The minimum absolute atomic E-state index is 0.138. The van der Waals surface area contributed by atoms with E-state index in [4.69, 9.17) is 15.0 Å². The quantitative estimate of drug-likeness (QED) is 0.566. The fourth-order valence-corrected chi connectivity index (χ4v) is 1.93. The van der Waals surface area contributed by atoms with Crippen molar-refractivity contribution in [3.63, 3.8) is 0 Å². The van der Waals surface area contributed by atoms with Gasteiger partial charge in [0.15, 0.2) is 0 Å². The van der Waals surface area contributed by atoms with Gasteiger partial charge in [-0.25, -0.2) is 4.79 Å². The van der Waals surface area contributed by atoms with E-state index in [-0.39, 0.29) is 24.3 Å². The second-order valence-electron chi connectivity index (χ2n) is 4.47. The van der Waals surface area contributed by atoms with Crippen LogP contribution >= 0.6 is 0 Å². The number of rotatable bonds is 6. The van der Waals surface area contributed by atoms with E-state index in [1.165, 1.54) is 17.9 Å². The predicted molar refractivity (Wildman–Crippen MR) is 80.2 cm³/mol. The molecule has 0 atom stereocenters. The zero-order valence-electron chi connectivity index (χ0n) is 12.8. The number of nitrogens with zero attached hydrogens (tertiary/aromatic N) is 3. The van der Waals surface area contributed by atoms with Crippen LogP contribution in [0.25, 0.3) is 0 Å². The van der Waals surface area contributed by atoms with Crippen LogP contribution in [0.5, 0.6) is 0 Å². The molecule has 0 amide bonds. The number of esters is 1. The molecule has 9 nitrogen and oxygen atoms in total. The van der Waals surface area contributed by atoms with E-state index in [0.717, 1.165) is 4.68 Å². The van der Waals surface area contributed by atoms with Crippen molar-refractivity contribution in [3.05, 3.63) is 57.8 Å². The van der Waals surface area contributed by atoms with Gasteiger partial charge in [0.05, 0.1) is 26.0 Å². The molecule has 23 heavy (non-hydrogen) atoms. The highest BCUT2D eigenvalue weighted by molar-refractivity contribution is 5.88. The molecule has 0 aliphatic heterocycles. The number of aromatic nitrogens is 3. The highest BCUT2D eigenvalue weighted by Crippen LogP contribution is 1.99. The van der Waals surface area contributed by atoms with Crippen molar-refractivity contribution in [3.8, 4) is 0 Å². The number of hydrogen-bond acceptors (Lipinski definition) is 7. The number of ether oxygens (including phenoxy) is 1. The molecule has 0 saturated heterocycles. The molecule has 0 spiro atoms. The molecule has 0 aliphatic rings. The first-order valence-corrected chi connectivity index (χ1v) is 6.85. The van der Waals surface area contributed by atoms with Crippen molar-refractivity contribution in [2.45, 2.75) is 13.5 Å². The van der Waals surface area contributed by atoms with Crippen LogP contribution in [0.3, 0.4) is 0 Å². The predicted octanol–water partition coefficient (Wildman–Crippen LogP) is -0.146. The van der Waals surface area contributed by atoms with Crippen molar-refractivity contribution in [1.82, 2.24) is 14.2 Å². The molecule has 2 aromatic rings. The van der Waals surface area contributed by atoms with Gasteiger partial charge in [0.1, 0.15) is 5.56 Å². The molecule has 0 radical (unpaired) electrons. The molecule has 9 heteroatoms. The summed E-state index contributed by atoms with van der Waals surface area (Å²) in [6.45, 7) is 1.99. The lowest BCUT2D eigenvalue weighted by molar-refractivity contribution is 0.0521. The van der Waals surface area contributed by atoms with Gasteiger partial charge in [-0.2, -0.15) is 10.3 Å². The normalized spacial score (nSPS) is 10.3. The maximum atomic E-state index is 12.3. The third kappa shape index (κ3) is 3.64. The monoisotopic (exact) mass is 319 g/mol. The summed E-state index contributed by atoms with van der Waals surface area (Å²) in [6, 6.07) is 5.35. The summed E-state index contributed by atoms with van der Waals surface area (Å²) < 4.78 is 7.08. The molecule has 0 saturated carbocycles. The molecule has 2 N–H and O–H groups in total. The van der Waals surface area contributed by atoms with E-state index >= 15 is 0 Å².